The van der Waals surface area contributed by atoms with Crippen LogP contribution in [0.25, 0.3) is 21.0 Å². The summed E-state index contributed by atoms with van der Waals surface area (Å²) < 4.78 is 7.61. The maximum atomic E-state index is 13.0. The molecule has 3 aromatic heterocycles. The number of thiophene rings is 1. The van der Waals surface area contributed by atoms with Gasteiger partial charge in [0.2, 0.25) is 5.91 Å². The first-order valence-electron chi connectivity index (χ1n) is 9.96. The Kier molecular flexibility index (Phi) is 5.22. The number of aryl methyl sites for hydroxylation is 1. The fourth-order valence-electron chi connectivity index (χ4n) is 3.81. The third-order valence-corrected chi connectivity index (χ3v) is 7.29. The van der Waals surface area contributed by atoms with Crippen molar-refractivity contribution in [1.82, 2.24) is 19.7 Å². The van der Waals surface area contributed by atoms with Crippen LogP contribution in [0, 0.1) is 0 Å². The summed E-state index contributed by atoms with van der Waals surface area (Å²) in [4.78, 5) is 32.7. The van der Waals surface area contributed by atoms with Crippen LogP contribution in [-0.4, -0.2) is 32.1 Å². The van der Waals surface area contributed by atoms with Gasteiger partial charge < -0.3 is 9.32 Å². The highest BCUT2D eigenvalue weighted by atomic mass is 32.1. The van der Waals surface area contributed by atoms with Crippen LogP contribution in [0.4, 0.5) is 0 Å². The minimum absolute atomic E-state index is 0.000592. The molecule has 0 aliphatic carbocycles. The molecule has 0 saturated carbocycles. The lowest BCUT2D eigenvalue weighted by atomic mass is 10.0. The summed E-state index contributed by atoms with van der Waals surface area (Å²) in [5.41, 5.74) is 0.978. The SMILES string of the molecule is O=C(CCn1nc(-c2cccs2)oc1=O)N1CCCC[C@@H]1c1nc2ccccc2s1. The third-order valence-electron chi connectivity index (χ3n) is 5.29. The molecule has 1 aromatic carbocycles. The number of carbonyl (C=O) groups is 1. The van der Waals surface area contributed by atoms with E-state index in [0.29, 0.717) is 12.4 Å². The number of carbonyl (C=O) groups excluding carboxylic acids is 1. The van der Waals surface area contributed by atoms with Crippen molar-refractivity contribution in [1.29, 1.82) is 0 Å². The molecule has 4 heterocycles. The molecule has 0 unspecified atom stereocenters. The quantitative estimate of drug-likeness (QED) is 0.462. The number of hydrogen-bond acceptors (Lipinski definition) is 7. The van der Waals surface area contributed by atoms with Crippen molar-refractivity contribution in [2.24, 2.45) is 0 Å². The second-order valence-corrected chi connectivity index (χ2v) is 9.25. The molecule has 9 heteroatoms. The van der Waals surface area contributed by atoms with E-state index in [1.807, 2.05) is 40.6 Å². The number of piperidine rings is 1. The number of amides is 1. The molecule has 1 amide bonds. The molecule has 0 bridgehead atoms. The van der Waals surface area contributed by atoms with Gasteiger partial charge in [-0.15, -0.1) is 27.8 Å². The molecule has 5 rings (SSSR count). The highest BCUT2D eigenvalue weighted by Gasteiger charge is 2.30. The molecular weight excluding hydrogens is 420 g/mol. The predicted molar refractivity (Wildman–Crippen MR) is 117 cm³/mol. The Bertz CT molecular complexity index is 1190. The molecule has 30 heavy (non-hydrogen) atoms. The lowest BCUT2D eigenvalue weighted by Gasteiger charge is -2.34. The van der Waals surface area contributed by atoms with E-state index in [4.69, 9.17) is 9.40 Å². The Labute approximate surface area is 180 Å². The Morgan fingerprint density at radius 2 is 2.10 bits per heavy atom. The number of hydrogen-bond donors (Lipinski definition) is 0. The molecule has 1 aliphatic heterocycles. The Balaban J connectivity index is 1.31. The second kappa shape index (κ2) is 8.16. The van der Waals surface area contributed by atoms with Crippen LogP contribution in [0.5, 0.6) is 0 Å². The molecule has 7 nitrogen and oxygen atoms in total. The maximum absolute atomic E-state index is 13.0. The summed E-state index contributed by atoms with van der Waals surface area (Å²) in [7, 11) is 0. The van der Waals surface area contributed by atoms with E-state index in [0.717, 1.165) is 39.4 Å². The summed E-state index contributed by atoms with van der Waals surface area (Å²) in [5.74, 6) is -0.216. The summed E-state index contributed by atoms with van der Waals surface area (Å²) in [6.45, 7) is 0.920. The second-order valence-electron chi connectivity index (χ2n) is 7.24. The number of likely N-dealkylation sites (tertiary alicyclic amines) is 1. The fraction of sp³-hybridized carbons (Fsp3) is 0.333. The standard InChI is InChI=1S/C21H20N4O3S2/c26-18(10-12-25-21(27)28-19(23-25)17-9-5-13-29-17)24-11-4-3-7-15(24)20-22-14-6-1-2-8-16(14)30-20/h1-2,5-6,8-9,13,15H,3-4,7,10-12H2/t15-/m1/s1. The van der Waals surface area contributed by atoms with Gasteiger partial charge in [-0.2, -0.15) is 4.68 Å². The summed E-state index contributed by atoms with van der Waals surface area (Å²) in [6.07, 6.45) is 3.19. The predicted octanol–water partition coefficient (Wildman–Crippen LogP) is 4.32. The molecule has 0 N–H and O–H groups in total. The van der Waals surface area contributed by atoms with Crippen LogP contribution in [0.15, 0.2) is 51.0 Å². The fourth-order valence-corrected chi connectivity index (χ4v) is 5.57. The van der Waals surface area contributed by atoms with Gasteiger partial charge in [-0.25, -0.2) is 9.78 Å². The van der Waals surface area contributed by atoms with Crippen molar-refractivity contribution >= 4 is 38.8 Å². The van der Waals surface area contributed by atoms with E-state index in [-0.39, 0.29) is 24.9 Å². The van der Waals surface area contributed by atoms with Crippen molar-refractivity contribution in [2.45, 2.75) is 38.3 Å². The van der Waals surface area contributed by atoms with Crippen LogP contribution in [0.2, 0.25) is 0 Å². The minimum atomic E-state index is -0.535. The smallest absolute Gasteiger partial charge is 0.387 e. The molecule has 1 fully saturated rings. The molecule has 0 radical (unpaired) electrons. The van der Waals surface area contributed by atoms with Crippen LogP contribution in [0.1, 0.15) is 36.7 Å². The average molecular weight is 441 g/mol. The zero-order valence-electron chi connectivity index (χ0n) is 16.2. The van der Waals surface area contributed by atoms with E-state index in [1.54, 1.807) is 11.3 Å². The van der Waals surface area contributed by atoms with Crippen LogP contribution >= 0.6 is 22.7 Å². The van der Waals surface area contributed by atoms with Gasteiger partial charge in [0.05, 0.1) is 27.7 Å². The highest BCUT2D eigenvalue weighted by molar-refractivity contribution is 7.18. The molecular formula is C21H20N4O3S2. The zero-order valence-corrected chi connectivity index (χ0v) is 17.8. The first kappa shape index (κ1) is 19.2. The van der Waals surface area contributed by atoms with Gasteiger partial charge >= 0.3 is 5.76 Å². The van der Waals surface area contributed by atoms with E-state index < -0.39 is 5.76 Å². The average Bonchev–Trinajstić information content (AvgIpc) is 3.51. The molecule has 1 aliphatic rings. The number of thiazole rings is 1. The number of aromatic nitrogens is 3. The molecule has 154 valence electrons. The monoisotopic (exact) mass is 440 g/mol. The number of benzene rings is 1. The Morgan fingerprint density at radius 1 is 1.20 bits per heavy atom. The van der Waals surface area contributed by atoms with E-state index in [1.165, 1.54) is 16.0 Å². The van der Waals surface area contributed by atoms with Gasteiger partial charge in [0, 0.05) is 13.0 Å². The summed E-state index contributed by atoms with van der Waals surface area (Å²) in [5, 5.41) is 7.13. The van der Waals surface area contributed by atoms with Gasteiger partial charge in [0.1, 0.15) is 5.01 Å². The number of nitrogens with zero attached hydrogens (tertiary/aromatic N) is 4. The number of fused-ring (bicyclic) bond motifs is 1. The van der Waals surface area contributed by atoms with Gasteiger partial charge in [-0.3, -0.25) is 4.79 Å². The van der Waals surface area contributed by atoms with E-state index in [2.05, 4.69) is 11.2 Å². The first-order valence-corrected chi connectivity index (χ1v) is 11.7. The Morgan fingerprint density at radius 3 is 2.93 bits per heavy atom. The van der Waals surface area contributed by atoms with Crippen molar-refractivity contribution in [2.75, 3.05) is 6.54 Å². The summed E-state index contributed by atoms with van der Waals surface area (Å²) in [6, 6.07) is 11.8. The maximum Gasteiger partial charge on any atom is 0.437 e. The topological polar surface area (TPSA) is 81.2 Å². The van der Waals surface area contributed by atoms with Gasteiger partial charge in [0.25, 0.3) is 5.89 Å². The van der Waals surface area contributed by atoms with Crippen molar-refractivity contribution in [3.05, 3.63) is 57.3 Å². The summed E-state index contributed by atoms with van der Waals surface area (Å²) >= 11 is 3.11. The van der Waals surface area contributed by atoms with Crippen molar-refractivity contribution in [3.8, 4) is 10.8 Å². The van der Waals surface area contributed by atoms with E-state index >= 15 is 0 Å². The van der Waals surface area contributed by atoms with Crippen LogP contribution in [-0.2, 0) is 11.3 Å². The lowest BCUT2D eigenvalue weighted by Crippen LogP contribution is -2.39. The molecule has 0 spiro atoms. The third kappa shape index (κ3) is 3.70. The normalized spacial score (nSPS) is 16.9. The zero-order chi connectivity index (χ0) is 20.5. The van der Waals surface area contributed by atoms with Crippen LogP contribution < -0.4 is 5.76 Å². The lowest BCUT2D eigenvalue weighted by molar-refractivity contribution is -0.135. The van der Waals surface area contributed by atoms with Gasteiger partial charge in [-0.05, 0) is 42.8 Å². The molecule has 1 atom stereocenters. The highest BCUT2D eigenvalue weighted by Crippen LogP contribution is 2.36. The number of rotatable bonds is 5. The molecule has 4 aromatic rings. The Hall–Kier alpha value is -2.78. The van der Waals surface area contributed by atoms with Crippen molar-refractivity contribution in [3.63, 3.8) is 0 Å². The van der Waals surface area contributed by atoms with E-state index in [9.17, 15) is 9.59 Å². The van der Waals surface area contributed by atoms with Gasteiger partial charge in [-0.1, -0.05) is 18.2 Å². The van der Waals surface area contributed by atoms with Gasteiger partial charge in [0.15, 0.2) is 0 Å². The van der Waals surface area contributed by atoms with Crippen molar-refractivity contribution < 1.29 is 9.21 Å². The number of para-hydroxylation sites is 1. The largest absolute Gasteiger partial charge is 0.437 e. The minimum Gasteiger partial charge on any atom is -0.387 e. The first-order chi connectivity index (χ1) is 14.7. The van der Waals surface area contributed by atoms with Crippen LogP contribution in [0.3, 0.4) is 0 Å². The molecule has 1 saturated heterocycles.